The number of hydrogen-bond donors (Lipinski definition) is 0. The molecule has 0 radical (unpaired) electrons. The Morgan fingerprint density at radius 2 is 1.28 bits per heavy atom. The van der Waals surface area contributed by atoms with Gasteiger partial charge in [-0.15, -0.1) is 10.2 Å². The Balaban J connectivity index is 2.55. The third-order valence-corrected chi connectivity index (χ3v) is 3.05. The zero-order chi connectivity index (χ0) is 13.1. The molecule has 0 saturated carbocycles. The second kappa shape index (κ2) is 5.12. The monoisotopic (exact) mass is 250 g/mol. The summed E-state index contributed by atoms with van der Waals surface area (Å²) >= 11 is 0. The maximum Gasteiger partial charge on any atom is 0.358 e. The predicted molar refractivity (Wildman–Crippen MR) is 61.4 cm³/mol. The van der Waals surface area contributed by atoms with Gasteiger partial charge >= 0.3 is 11.9 Å². The Hall–Kier alpha value is -1.98. The lowest BCUT2D eigenvalue weighted by Crippen LogP contribution is -2.21. The predicted octanol–water partition coefficient (Wildman–Crippen LogP) is 0.929. The molecule has 0 atom stereocenters. The van der Waals surface area contributed by atoms with Crippen molar-refractivity contribution in [1.82, 2.24) is 10.2 Å². The van der Waals surface area contributed by atoms with Gasteiger partial charge in [0.1, 0.15) is 0 Å². The molecular weight excluding hydrogens is 236 g/mol. The van der Waals surface area contributed by atoms with E-state index in [0.717, 1.165) is 24.0 Å². The zero-order valence-electron chi connectivity index (χ0n) is 10.4. The van der Waals surface area contributed by atoms with Crippen molar-refractivity contribution < 1.29 is 19.1 Å². The number of esters is 2. The fourth-order valence-corrected chi connectivity index (χ4v) is 2.17. The Morgan fingerprint density at radius 3 is 1.61 bits per heavy atom. The number of carbonyl (C=O) groups excluding carboxylic acids is 2. The van der Waals surface area contributed by atoms with Gasteiger partial charge in [-0.1, -0.05) is 0 Å². The molecule has 0 spiro atoms. The topological polar surface area (TPSA) is 78.4 Å². The molecule has 0 aliphatic heterocycles. The number of fused-ring (bicyclic) bond motifs is 1. The number of ether oxygens (including phenoxy) is 2. The van der Waals surface area contributed by atoms with Crippen molar-refractivity contribution in [3.63, 3.8) is 0 Å². The van der Waals surface area contributed by atoms with Gasteiger partial charge in [0.15, 0.2) is 11.4 Å². The molecule has 0 bridgehead atoms. The maximum absolute atomic E-state index is 11.6. The van der Waals surface area contributed by atoms with Gasteiger partial charge in [-0.25, -0.2) is 9.59 Å². The van der Waals surface area contributed by atoms with E-state index in [1.807, 2.05) is 0 Å². The second-order valence-corrected chi connectivity index (χ2v) is 4.04. The summed E-state index contributed by atoms with van der Waals surface area (Å²) in [6, 6.07) is 0. The van der Waals surface area contributed by atoms with Crippen molar-refractivity contribution in [2.45, 2.75) is 25.7 Å². The van der Waals surface area contributed by atoms with Crippen LogP contribution in [0.4, 0.5) is 0 Å². The van der Waals surface area contributed by atoms with Crippen molar-refractivity contribution >= 4 is 11.9 Å². The molecule has 96 valence electrons. The van der Waals surface area contributed by atoms with E-state index in [2.05, 4.69) is 19.7 Å². The van der Waals surface area contributed by atoms with Gasteiger partial charge in [-0.3, -0.25) is 0 Å². The third-order valence-electron chi connectivity index (χ3n) is 3.05. The minimum Gasteiger partial charge on any atom is -0.464 e. The molecule has 0 fully saturated rings. The molecular formula is C12H14N2O4. The largest absolute Gasteiger partial charge is 0.464 e. The van der Waals surface area contributed by atoms with Crippen LogP contribution in [0.5, 0.6) is 0 Å². The van der Waals surface area contributed by atoms with Crippen LogP contribution in [0.3, 0.4) is 0 Å². The molecule has 1 aromatic heterocycles. The van der Waals surface area contributed by atoms with Crippen molar-refractivity contribution in [2.24, 2.45) is 0 Å². The minimum atomic E-state index is -0.517. The first-order chi connectivity index (χ1) is 8.69. The number of aromatic nitrogens is 2. The highest BCUT2D eigenvalue weighted by molar-refractivity contribution is 5.93. The summed E-state index contributed by atoms with van der Waals surface area (Å²) in [5.41, 5.74) is 1.95. The molecule has 1 aliphatic carbocycles. The SMILES string of the molecule is COC(=O)c1nnc(C(=O)OC)c2c1CCCC2. The molecule has 6 nitrogen and oxygen atoms in total. The van der Waals surface area contributed by atoms with E-state index in [1.54, 1.807) is 0 Å². The molecule has 0 N–H and O–H groups in total. The molecule has 1 aliphatic rings. The summed E-state index contributed by atoms with van der Waals surface area (Å²) < 4.78 is 9.34. The summed E-state index contributed by atoms with van der Waals surface area (Å²) in [7, 11) is 2.60. The Kier molecular flexibility index (Phi) is 3.55. The van der Waals surface area contributed by atoms with Gasteiger partial charge in [0.25, 0.3) is 0 Å². The first kappa shape index (κ1) is 12.5. The highest BCUT2D eigenvalue weighted by atomic mass is 16.5. The van der Waals surface area contributed by atoms with Crippen molar-refractivity contribution in [3.8, 4) is 0 Å². The van der Waals surface area contributed by atoms with Gasteiger partial charge in [-0.2, -0.15) is 0 Å². The molecule has 6 heteroatoms. The van der Waals surface area contributed by atoms with Crippen LogP contribution < -0.4 is 0 Å². The lowest BCUT2D eigenvalue weighted by molar-refractivity contribution is 0.0570. The van der Waals surface area contributed by atoms with E-state index in [4.69, 9.17) is 0 Å². The molecule has 0 aromatic carbocycles. The van der Waals surface area contributed by atoms with Crippen LogP contribution in [-0.2, 0) is 22.3 Å². The number of methoxy groups -OCH3 is 2. The minimum absolute atomic E-state index is 0.208. The van der Waals surface area contributed by atoms with E-state index in [9.17, 15) is 9.59 Å². The first-order valence-electron chi connectivity index (χ1n) is 5.74. The molecule has 18 heavy (non-hydrogen) atoms. The zero-order valence-corrected chi connectivity index (χ0v) is 10.4. The van der Waals surface area contributed by atoms with E-state index < -0.39 is 11.9 Å². The Morgan fingerprint density at radius 1 is 0.889 bits per heavy atom. The highest BCUT2D eigenvalue weighted by Gasteiger charge is 2.26. The standard InChI is InChI=1S/C12H14N2O4/c1-17-11(15)9-7-5-3-4-6-8(7)10(14-13-9)12(16)18-2/h3-6H2,1-2H3. The van der Waals surface area contributed by atoms with Crippen LogP contribution in [-0.4, -0.2) is 36.4 Å². The number of nitrogens with zero attached hydrogens (tertiary/aromatic N) is 2. The second-order valence-electron chi connectivity index (χ2n) is 4.04. The lowest BCUT2D eigenvalue weighted by Gasteiger charge is -2.18. The van der Waals surface area contributed by atoms with Gasteiger partial charge in [-0.05, 0) is 36.8 Å². The maximum atomic E-state index is 11.6. The molecule has 0 unspecified atom stereocenters. The molecule has 1 heterocycles. The summed E-state index contributed by atoms with van der Waals surface area (Å²) in [6.07, 6.45) is 3.34. The van der Waals surface area contributed by atoms with Crippen LogP contribution >= 0.6 is 0 Å². The van der Waals surface area contributed by atoms with Crippen molar-refractivity contribution in [1.29, 1.82) is 0 Å². The average Bonchev–Trinajstić information content (AvgIpc) is 2.44. The van der Waals surface area contributed by atoms with E-state index >= 15 is 0 Å². The van der Waals surface area contributed by atoms with Gasteiger partial charge in [0, 0.05) is 0 Å². The average molecular weight is 250 g/mol. The van der Waals surface area contributed by atoms with Crippen LogP contribution in [0, 0.1) is 0 Å². The molecule has 2 rings (SSSR count). The summed E-state index contributed by atoms with van der Waals surface area (Å²) in [4.78, 5) is 23.2. The number of rotatable bonds is 2. The summed E-state index contributed by atoms with van der Waals surface area (Å²) in [6.45, 7) is 0. The molecule has 0 amide bonds. The van der Waals surface area contributed by atoms with Crippen molar-refractivity contribution in [2.75, 3.05) is 14.2 Å². The third kappa shape index (κ3) is 2.05. The number of carbonyl (C=O) groups is 2. The summed E-state index contributed by atoms with van der Waals surface area (Å²) in [5.74, 6) is -1.03. The van der Waals surface area contributed by atoms with Crippen LogP contribution in [0.25, 0.3) is 0 Å². The molecule has 0 saturated heterocycles. The smallest absolute Gasteiger partial charge is 0.358 e. The molecule has 1 aromatic rings. The Bertz CT molecular complexity index is 454. The van der Waals surface area contributed by atoms with Crippen LogP contribution in [0.2, 0.25) is 0 Å². The van der Waals surface area contributed by atoms with Gasteiger partial charge < -0.3 is 9.47 Å². The van der Waals surface area contributed by atoms with Crippen molar-refractivity contribution in [3.05, 3.63) is 22.5 Å². The summed E-state index contributed by atoms with van der Waals surface area (Å²) in [5, 5.41) is 7.61. The highest BCUT2D eigenvalue weighted by Crippen LogP contribution is 2.26. The number of hydrogen-bond acceptors (Lipinski definition) is 6. The fraction of sp³-hybridized carbons (Fsp3) is 0.500. The fourth-order valence-electron chi connectivity index (χ4n) is 2.17. The lowest BCUT2D eigenvalue weighted by atomic mass is 9.89. The van der Waals surface area contributed by atoms with Gasteiger partial charge in [0.05, 0.1) is 14.2 Å². The van der Waals surface area contributed by atoms with E-state index in [-0.39, 0.29) is 11.4 Å². The van der Waals surface area contributed by atoms with Crippen LogP contribution in [0.15, 0.2) is 0 Å². The van der Waals surface area contributed by atoms with Crippen LogP contribution in [0.1, 0.15) is 44.9 Å². The first-order valence-corrected chi connectivity index (χ1v) is 5.74. The van der Waals surface area contributed by atoms with E-state index in [0.29, 0.717) is 12.8 Å². The Labute approximate surface area is 104 Å². The van der Waals surface area contributed by atoms with Gasteiger partial charge in [0.2, 0.25) is 0 Å². The normalized spacial score (nSPS) is 13.7. The quantitative estimate of drug-likeness (QED) is 0.726. The van der Waals surface area contributed by atoms with E-state index in [1.165, 1.54) is 14.2 Å².